The molecule has 0 bridgehead atoms. The summed E-state index contributed by atoms with van der Waals surface area (Å²) >= 11 is 5.90. The average Bonchev–Trinajstić information content (AvgIpc) is 2.38. The van der Waals surface area contributed by atoms with Crippen LogP contribution in [0.3, 0.4) is 0 Å². The van der Waals surface area contributed by atoms with Crippen molar-refractivity contribution in [3.05, 3.63) is 63.2 Å². The van der Waals surface area contributed by atoms with Crippen LogP contribution in [-0.4, -0.2) is 4.92 Å². The van der Waals surface area contributed by atoms with Gasteiger partial charge in [-0.25, -0.2) is 0 Å². The molecule has 0 radical (unpaired) electrons. The van der Waals surface area contributed by atoms with Gasteiger partial charge in [-0.2, -0.15) is 13.2 Å². The predicted octanol–water partition coefficient (Wildman–Crippen LogP) is 4.93. The third kappa shape index (κ3) is 2.75. The van der Waals surface area contributed by atoms with Crippen molar-refractivity contribution in [1.82, 2.24) is 0 Å². The van der Waals surface area contributed by atoms with Crippen LogP contribution in [0.1, 0.15) is 5.56 Å². The van der Waals surface area contributed by atoms with E-state index < -0.39 is 16.7 Å². The quantitative estimate of drug-likeness (QED) is 0.583. The maximum atomic E-state index is 12.5. The van der Waals surface area contributed by atoms with Crippen LogP contribution >= 0.6 is 11.6 Å². The van der Waals surface area contributed by atoms with Crippen LogP contribution in [0.25, 0.3) is 11.1 Å². The number of hydrogen-bond acceptors (Lipinski definition) is 2. The van der Waals surface area contributed by atoms with Gasteiger partial charge >= 0.3 is 6.18 Å². The fourth-order valence-electron chi connectivity index (χ4n) is 1.72. The van der Waals surface area contributed by atoms with Gasteiger partial charge in [0.2, 0.25) is 0 Å². The molecule has 0 atom stereocenters. The first-order valence-electron chi connectivity index (χ1n) is 5.41. The minimum atomic E-state index is -4.43. The van der Waals surface area contributed by atoms with Gasteiger partial charge in [0.15, 0.2) is 0 Å². The molecule has 7 heteroatoms. The first-order valence-corrected chi connectivity index (χ1v) is 5.79. The summed E-state index contributed by atoms with van der Waals surface area (Å²) in [5, 5.41) is 10.7. The van der Waals surface area contributed by atoms with E-state index in [4.69, 9.17) is 11.6 Å². The normalized spacial score (nSPS) is 11.4. The summed E-state index contributed by atoms with van der Waals surface area (Å²) in [5.74, 6) is 0. The summed E-state index contributed by atoms with van der Waals surface area (Å²) in [6.07, 6.45) is -4.43. The molecule has 0 aliphatic rings. The summed E-state index contributed by atoms with van der Waals surface area (Å²) in [6.45, 7) is 0. The van der Waals surface area contributed by atoms with Crippen LogP contribution in [0.4, 0.5) is 18.9 Å². The summed E-state index contributed by atoms with van der Waals surface area (Å²) in [4.78, 5) is 10.1. The van der Waals surface area contributed by atoms with Gasteiger partial charge in [0, 0.05) is 11.6 Å². The lowest BCUT2D eigenvalue weighted by molar-refractivity contribution is -0.384. The Balaban J connectivity index is 2.48. The second-order valence-corrected chi connectivity index (χ2v) is 4.35. The lowest BCUT2D eigenvalue weighted by Gasteiger charge is -2.08. The molecule has 0 N–H and O–H groups in total. The van der Waals surface area contributed by atoms with E-state index in [0.29, 0.717) is 11.1 Å². The van der Waals surface area contributed by atoms with Gasteiger partial charge < -0.3 is 0 Å². The van der Waals surface area contributed by atoms with Crippen LogP contribution < -0.4 is 0 Å². The van der Waals surface area contributed by atoms with E-state index in [1.54, 1.807) is 0 Å². The Morgan fingerprint density at radius 1 is 1.05 bits per heavy atom. The van der Waals surface area contributed by atoms with Crippen molar-refractivity contribution in [2.75, 3.05) is 0 Å². The molecule has 0 aliphatic carbocycles. The topological polar surface area (TPSA) is 43.1 Å². The Labute approximate surface area is 116 Å². The zero-order valence-electron chi connectivity index (χ0n) is 9.82. The maximum absolute atomic E-state index is 12.5. The molecule has 0 saturated heterocycles. The van der Waals surface area contributed by atoms with E-state index in [0.717, 1.165) is 12.1 Å². The Hall–Kier alpha value is -2.08. The number of nitro groups is 1. The van der Waals surface area contributed by atoms with Crippen molar-refractivity contribution in [2.24, 2.45) is 0 Å². The molecule has 0 fully saturated rings. The molecule has 20 heavy (non-hydrogen) atoms. The highest BCUT2D eigenvalue weighted by Gasteiger charge is 2.30. The molecule has 0 heterocycles. The Morgan fingerprint density at radius 2 is 1.65 bits per heavy atom. The molecular formula is C13H7ClF3NO2. The summed E-state index contributed by atoms with van der Waals surface area (Å²) in [5.41, 5.74) is -0.381. The van der Waals surface area contributed by atoms with E-state index in [9.17, 15) is 23.3 Å². The monoisotopic (exact) mass is 301 g/mol. The number of hydrogen-bond donors (Lipinski definition) is 0. The Kier molecular flexibility index (Phi) is 3.67. The molecule has 0 saturated carbocycles. The first kappa shape index (κ1) is 14.3. The van der Waals surface area contributed by atoms with E-state index in [1.165, 1.54) is 30.3 Å². The lowest BCUT2D eigenvalue weighted by Crippen LogP contribution is -2.04. The van der Waals surface area contributed by atoms with Crippen LogP contribution in [0.2, 0.25) is 5.02 Å². The number of rotatable bonds is 2. The molecule has 0 amide bonds. The highest BCUT2D eigenvalue weighted by Crippen LogP contribution is 2.36. The molecule has 2 rings (SSSR count). The third-order valence-electron chi connectivity index (χ3n) is 2.70. The molecule has 104 valence electrons. The zero-order valence-corrected chi connectivity index (χ0v) is 10.6. The van der Waals surface area contributed by atoms with Crippen molar-refractivity contribution >= 4 is 17.3 Å². The van der Waals surface area contributed by atoms with E-state index >= 15 is 0 Å². The van der Waals surface area contributed by atoms with Crippen molar-refractivity contribution in [3.8, 4) is 11.1 Å². The fraction of sp³-hybridized carbons (Fsp3) is 0.0769. The minimum absolute atomic E-state index is 0.0998. The number of alkyl halides is 3. The van der Waals surface area contributed by atoms with Gasteiger partial charge in [0.25, 0.3) is 5.69 Å². The summed E-state index contributed by atoms with van der Waals surface area (Å²) in [7, 11) is 0. The molecule has 2 aromatic rings. The molecular weight excluding hydrogens is 295 g/mol. The van der Waals surface area contributed by atoms with Crippen LogP contribution in [0, 0.1) is 10.1 Å². The SMILES string of the molecule is O=[N+]([O-])c1cccc(-c2ccc(C(F)(F)F)cc2)c1Cl. The number of halogens is 4. The number of benzene rings is 2. The van der Waals surface area contributed by atoms with Crippen molar-refractivity contribution in [1.29, 1.82) is 0 Å². The Bertz CT molecular complexity index is 654. The highest BCUT2D eigenvalue weighted by molar-refractivity contribution is 6.35. The van der Waals surface area contributed by atoms with Crippen molar-refractivity contribution in [2.45, 2.75) is 6.18 Å². The van der Waals surface area contributed by atoms with Gasteiger partial charge in [0.05, 0.1) is 10.5 Å². The Morgan fingerprint density at radius 3 is 2.15 bits per heavy atom. The van der Waals surface area contributed by atoms with Gasteiger partial charge in [0.1, 0.15) is 5.02 Å². The van der Waals surface area contributed by atoms with E-state index in [1.807, 2.05) is 0 Å². The number of nitrogens with zero attached hydrogens (tertiary/aromatic N) is 1. The van der Waals surface area contributed by atoms with Crippen LogP contribution in [0.15, 0.2) is 42.5 Å². The first-order chi connectivity index (χ1) is 9.30. The molecule has 0 unspecified atom stereocenters. The van der Waals surface area contributed by atoms with Crippen molar-refractivity contribution in [3.63, 3.8) is 0 Å². The molecule has 0 spiro atoms. The molecule has 3 nitrogen and oxygen atoms in total. The van der Waals surface area contributed by atoms with Crippen LogP contribution in [0.5, 0.6) is 0 Å². The van der Waals surface area contributed by atoms with Gasteiger partial charge in [-0.05, 0) is 17.7 Å². The van der Waals surface area contributed by atoms with E-state index in [-0.39, 0.29) is 10.7 Å². The average molecular weight is 302 g/mol. The summed E-state index contributed by atoms with van der Waals surface area (Å²) < 4.78 is 37.4. The third-order valence-corrected chi connectivity index (χ3v) is 3.10. The van der Waals surface area contributed by atoms with Gasteiger partial charge in [-0.15, -0.1) is 0 Å². The predicted molar refractivity (Wildman–Crippen MR) is 68.5 cm³/mol. The minimum Gasteiger partial charge on any atom is -0.258 e. The smallest absolute Gasteiger partial charge is 0.258 e. The largest absolute Gasteiger partial charge is 0.416 e. The zero-order chi connectivity index (χ0) is 14.9. The van der Waals surface area contributed by atoms with Gasteiger partial charge in [-0.3, -0.25) is 10.1 Å². The second-order valence-electron chi connectivity index (χ2n) is 3.97. The van der Waals surface area contributed by atoms with Gasteiger partial charge in [-0.1, -0.05) is 35.9 Å². The molecule has 0 aromatic heterocycles. The maximum Gasteiger partial charge on any atom is 0.416 e. The second kappa shape index (κ2) is 5.13. The van der Waals surface area contributed by atoms with Crippen molar-refractivity contribution < 1.29 is 18.1 Å². The van der Waals surface area contributed by atoms with E-state index in [2.05, 4.69) is 0 Å². The number of nitro benzene ring substituents is 1. The summed E-state index contributed by atoms with van der Waals surface area (Å²) in [6, 6.07) is 8.45. The van der Waals surface area contributed by atoms with Crippen LogP contribution in [-0.2, 0) is 6.18 Å². The standard InChI is InChI=1S/C13H7ClF3NO2/c14-12-10(2-1-3-11(12)18(19)20)8-4-6-9(7-5-8)13(15,16)17/h1-7H. The molecule has 2 aromatic carbocycles. The fourth-order valence-corrected chi connectivity index (χ4v) is 2.03. The lowest BCUT2D eigenvalue weighted by atomic mass is 10.0. The molecule has 0 aliphatic heterocycles. The highest BCUT2D eigenvalue weighted by atomic mass is 35.5.